The summed E-state index contributed by atoms with van der Waals surface area (Å²) in [5, 5.41) is 8.80. The van der Waals surface area contributed by atoms with E-state index >= 15 is 0 Å². The minimum Gasteiger partial charge on any atom is -0.392 e. The van der Waals surface area contributed by atoms with Crippen LogP contribution in [-0.4, -0.2) is 42.3 Å². The van der Waals surface area contributed by atoms with Crippen molar-refractivity contribution in [1.29, 1.82) is 0 Å². The van der Waals surface area contributed by atoms with Crippen molar-refractivity contribution in [3.8, 4) is 0 Å². The number of alkyl halides is 3. The summed E-state index contributed by atoms with van der Waals surface area (Å²) in [6, 6.07) is 5.08. The van der Waals surface area contributed by atoms with E-state index in [2.05, 4.69) is 0 Å². The Morgan fingerprint density at radius 3 is 2.44 bits per heavy atom. The maximum atomic E-state index is 12.4. The molecule has 0 amide bonds. The largest absolute Gasteiger partial charge is 0.416 e. The van der Waals surface area contributed by atoms with Gasteiger partial charge in [-0.2, -0.15) is 13.2 Å². The molecule has 0 saturated carbocycles. The molecule has 18 heavy (non-hydrogen) atoms. The Morgan fingerprint density at radius 2 is 1.89 bits per heavy atom. The van der Waals surface area contributed by atoms with Crippen LogP contribution in [0.2, 0.25) is 0 Å². The number of aliphatic hydroxyl groups excluding tert-OH is 1. The van der Waals surface area contributed by atoms with Gasteiger partial charge in [0.1, 0.15) is 25.3 Å². The van der Waals surface area contributed by atoms with Crippen LogP contribution in [0.1, 0.15) is 5.56 Å². The standard InChI is InChI=1S/C12H14F3N2O/c13-12(14,15)10-1-3-11(4-2-10)17-6-5-16(9-17)7-8-18/h1-4,9,18H,5-8H2/q+1. The zero-order valence-electron chi connectivity index (χ0n) is 9.69. The lowest BCUT2D eigenvalue weighted by molar-refractivity contribution is -0.515. The third-order valence-corrected chi connectivity index (χ3v) is 2.84. The lowest BCUT2D eigenvalue weighted by atomic mass is 10.2. The number of hydrogen-bond acceptors (Lipinski definition) is 2. The summed E-state index contributed by atoms with van der Waals surface area (Å²) in [4.78, 5) is 1.87. The maximum absolute atomic E-state index is 12.4. The van der Waals surface area contributed by atoms with E-state index < -0.39 is 11.7 Å². The van der Waals surface area contributed by atoms with Gasteiger partial charge in [-0.25, -0.2) is 4.90 Å². The van der Waals surface area contributed by atoms with E-state index in [4.69, 9.17) is 5.11 Å². The molecule has 98 valence electrons. The second-order valence-electron chi connectivity index (χ2n) is 4.11. The molecule has 0 fully saturated rings. The highest BCUT2D eigenvalue weighted by Crippen LogP contribution is 2.30. The summed E-state index contributed by atoms with van der Waals surface area (Å²) in [5.74, 6) is 0. The molecule has 0 aliphatic carbocycles. The number of anilines is 1. The van der Waals surface area contributed by atoms with Gasteiger partial charge < -0.3 is 5.11 Å². The van der Waals surface area contributed by atoms with Crippen LogP contribution >= 0.6 is 0 Å². The van der Waals surface area contributed by atoms with Crippen molar-refractivity contribution in [1.82, 2.24) is 0 Å². The van der Waals surface area contributed by atoms with Gasteiger partial charge in [-0.1, -0.05) is 0 Å². The van der Waals surface area contributed by atoms with Crippen molar-refractivity contribution in [2.24, 2.45) is 0 Å². The summed E-state index contributed by atoms with van der Waals surface area (Å²) in [6.45, 7) is 2.08. The summed E-state index contributed by atoms with van der Waals surface area (Å²) in [7, 11) is 0. The molecule has 1 aliphatic heterocycles. The van der Waals surface area contributed by atoms with Crippen LogP contribution in [0.3, 0.4) is 0 Å². The van der Waals surface area contributed by atoms with Crippen molar-refractivity contribution < 1.29 is 22.9 Å². The van der Waals surface area contributed by atoms with E-state index in [1.165, 1.54) is 12.1 Å². The summed E-state index contributed by atoms with van der Waals surface area (Å²) in [5.41, 5.74) is 0.0844. The fourth-order valence-electron chi connectivity index (χ4n) is 1.88. The molecule has 0 atom stereocenters. The highest BCUT2D eigenvalue weighted by atomic mass is 19.4. The van der Waals surface area contributed by atoms with Gasteiger partial charge in [0, 0.05) is 0 Å². The van der Waals surface area contributed by atoms with Gasteiger partial charge in [0.25, 0.3) is 0 Å². The van der Waals surface area contributed by atoms with Crippen LogP contribution in [0.5, 0.6) is 0 Å². The predicted octanol–water partition coefficient (Wildman–Crippen LogP) is 1.56. The van der Waals surface area contributed by atoms with Gasteiger partial charge in [0.05, 0.1) is 12.2 Å². The molecule has 1 aliphatic rings. The number of β-amino-alcohol motifs (C(OH)–C–C–N with tert-alkyl or cyclic N) is 1. The normalized spacial score (nSPS) is 16.0. The number of benzene rings is 1. The number of aliphatic hydroxyl groups is 1. The average Bonchev–Trinajstić information content (AvgIpc) is 2.77. The van der Waals surface area contributed by atoms with E-state index in [0.717, 1.165) is 24.4 Å². The lowest BCUT2D eigenvalue weighted by Crippen LogP contribution is -2.18. The zero-order chi connectivity index (χ0) is 13.2. The van der Waals surface area contributed by atoms with Crippen LogP contribution in [0.15, 0.2) is 24.3 Å². The molecule has 0 spiro atoms. The fourth-order valence-corrected chi connectivity index (χ4v) is 1.88. The molecule has 1 aromatic rings. The van der Waals surface area contributed by atoms with Crippen molar-refractivity contribution in [2.45, 2.75) is 6.18 Å². The molecular weight excluding hydrogens is 245 g/mol. The number of rotatable bonds is 3. The Balaban J connectivity index is 2.12. The number of halogens is 3. The Labute approximate surface area is 103 Å². The van der Waals surface area contributed by atoms with Gasteiger partial charge in [-0.15, -0.1) is 0 Å². The topological polar surface area (TPSA) is 26.5 Å². The first-order valence-electron chi connectivity index (χ1n) is 5.64. The van der Waals surface area contributed by atoms with E-state index in [9.17, 15) is 13.2 Å². The van der Waals surface area contributed by atoms with Crippen LogP contribution in [0.4, 0.5) is 18.9 Å². The molecule has 0 unspecified atom stereocenters. The molecule has 1 aromatic carbocycles. The highest BCUT2D eigenvalue weighted by molar-refractivity contribution is 5.77. The molecule has 0 saturated heterocycles. The molecule has 3 nitrogen and oxygen atoms in total. The third-order valence-electron chi connectivity index (χ3n) is 2.84. The van der Waals surface area contributed by atoms with Crippen molar-refractivity contribution in [3.63, 3.8) is 0 Å². The molecule has 6 heteroatoms. The van der Waals surface area contributed by atoms with Crippen molar-refractivity contribution >= 4 is 12.0 Å². The molecular formula is C12H14F3N2O+. The first-order valence-corrected chi connectivity index (χ1v) is 5.64. The third kappa shape index (κ3) is 2.81. The van der Waals surface area contributed by atoms with Crippen molar-refractivity contribution in [3.05, 3.63) is 29.8 Å². The summed E-state index contributed by atoms with van der Waals surface area (Å²) >= 11 is 0. The molecule has 2 rings (SSSR count). The molecule has 0 bridgehead atoms. The van der Waals surface area contributed by atoms with E-state index in [1.807, 2.05) is 15.8 Å². The van der Waals surface area contributed by atoms with Gasteiger partial charge in [0.15, 0.2) is 0 Å². The van der Waals surface area contributed by atoms with Crippen LogP contribution in [0, 0.1) is 0 Å². The fraction of sp³-hybridized carbons (Fsp3) is 0.417. The minimum absolute atomic E-state index is 0.0668. The quantitative estimate of drug-likeness (QED) is 0.834. The molecule has 1 heterocycles. The Hall–Kier alpha value is -1.56. The number of nitrogens with zero attached hydrogens (tertiary/aromatic N) is 2. The average molecular weight is 259 g/mol. The van der Waals surface area contributed by atoms with E-state index in [0.29, 0.717) is 13.1 Å². The zero-order valence-corrected chi connectivity index (χ0v) is 9.69. The predicted molar refractivity (Wildman–Crippen MR) is 61.9 cm³/mol. The van der Waals surface area contributed by atoms with Gasteiger partial charge in [0.2, 0.25) is 6.34 Å². The Morgan fingerprint density at radius 1 is 1.22 bits per heavy atom. The summed E-state index contributed by atoms with van der Waals surface area (Å²) < 4.78 is 39.1. The van der Waals surface area contributed by atoms with Gasteiger partial charge in [-0.3, -0.25) is 4.58 Å². The van der Waals surface area contributed by atoms with Gasteiger partial charge in [-0.05, 0) is 24.3 Å². The highest BCUT2D eigenvalue weighted by Gasteiger charge is 2.30. The molecule has 0 radical (unpaired) electrons. The molecule has 1 N–H and O–H groups in total. The van der Waals surface area contributed by atoms with Crippen molar-refractivity contribution in [2.75, 3.05) is 31.1 Å². The Bertz CT molecular complexity index is 440. The van der Waals surface area contributed by atoms with Crippen LogP contribution < -0.4 is 4.90 Å². The van der Waals surface area contributed by atoms with E-state index in [1.54, 1.807) is 0 Å². The second-order valence-corrected chi connectivity index (χ2v) is 4.11. The number of hydrogen-bond donors (Lipinski definition) is 1. The first-order chi connectivity index (χ1) is 8.50. The monoisotopic (exact) mass is 259 g/mol. The summed E-state index contributed by atoms with van der Waals surface area (Å²) in [6.07, 6.45) is -2.48. The smallest absolute Gasteiger partial charge is 0.392 e. The minimum atomic E-state index is -4.30. The first kappa shape index (κ1) is 12.9. The maximum Gasteiger partial charge on any atom is 0.416 e. The van der Waals surface area contributed by atoms with Crippen LogP contribution in [-0.2, 0) is 6.18 Å². The SMILES string of the molecule is OCC[N+]1=CN(c2ccc(C(F)(F)F)cc2)CC1. The lowest BCUT2D eigenvalue weighted by Gasteiger charge is -2.09. The van der Waals surface area contributed by atoms with E-state index in [-0.39, 0.29) is 6.61 Å². The second kappa shape index (κ2) is 4.97. The molecule has 0 aromatic heterocycles. The van der Waals surface area contributed by atoms with Crippen LogP contribution in [0.25, 0.3) is 0 Å². The Kier molecular flexibility index (Phi) is 3.56. The van der Waals surface area contributed by atoms with Gasteiger partial charge >= 0.3 is 6.18 Å².